The molecule has 0 heterocycles. The van der Waals surface area contributed by atoms with E-state index in [2.05, 4.69) is 4.65 Å². The molecule has 0 aliphatic rings. The van der Waals surface area contributed by atoms with Crippen LogP contribution in [-0.4, -0.2) is 17.1 Å². The standard InChI is InChI=1S/C7H19F2NSi2/c1-7(2,3)12(8,9)10-11(4,5)6/h10H,1-6H3. The van der Waals surface area contributed by atoms with E-state index in [-0.39, 0.29) is 0 Å². The number of hydrogen-bond donors (Lipinski definition) is 1. The van der Waals surface area contributed by atoms with E-state index in [1.807, 2.05) is 19.6 Å². The van der Waals surface area contributed by atoms with Gasteiger partial charge in [-0.25, -0.2) is 0 Å². The van der Waals surface area contributed by atoms with Crippen molar-refractivity contribution >= 4 is 17.1 Å². The van der Waals surface area contributed by atoms with Crippen molar-refractivity contribution in [2.24, 2.45) is 0 Å². The van der Waals surface area contributed by atoms with Crippen LogP contribution in [0.15, 0.2) is 0 Å². The van der Waals surface area contributed by atoms with E-state index in [0.717, 1.165) is 0 Å². The molecule has 0 aromatic carbocycles. The summed E-state index contributed by atoms with van der Waals surface area (Å²) in [5.41, 5.74) is 0. The summed E-state index contributed by atoms with van der Waals surface area (Å²) >= 11 is 0. The van der Waals surface area contributed by atoms with Crippen molar-refractivity contribution in [3.8, 4) is 0 Å². The van der Waals surface area contributed by atoms with Gasteiger partial charge in [0, 0.05) is 5.04 Å². The van der Waals surface area contributed by atoms with Crippen molar-refractivity contribution in [3.05, 3.63) is 0 Å². The molecule has 0 saturated carbocycles. The van der Waals surface area contributed by atoms with Crippen molar-refractivity contribution in [2.45, 2.75) is 45.5 Å². The van der Waals surface area contributed by atoms with Crippen LogP contribution in [0.5, 0.6) is 0 Å². The van der Waals surface area contributed by atoms with Crippen LogP contribution in [0.25, 0.3) is 0 Å². The molecule has 0 unspecified atom stereocenters. The fraction of sp³-hybridized carbons (Fsp3) is 1.00. The zero-order valence-corrected chi connectivity index (χ0v) is 10.8. The molecule has 5 heteroatoms. The molecule has 0 rings (SSSR count). The second-order valence-corrected chi connectivity index (χ2v) is 13.3. The first-order chi connectivity index (χ1) is 4.96. The van der Waals surface area contributed by atoms with Crippen LogP contribution in [0, 0.1) is 0 Å². The van der Waals surface area contributed by atoms with Crippen molar-refractivity contribution in [1.82, 2.24) is 4.65 Å². The fourth-order valence-corrected chi connectivity index (χ4v) is 5.93. The Balaban J connectivity index is 4.44. The summed E-state index contributed by atoms with van der Waals surface area (Å²) in [5.74, 6) is 0. The molecule has 1 N–H and O–H groups in total. The van der Waals surface area contributed by atoms with Gasteiger partial charge in [0.25, 0.3) is 0 Å². The molecule has 12 heavy (non-hydrogen) atoms. The molecule has 0 aliphatic carbocycles. The quantitative estimate of drug-likeness (QED) is 0.547. The Labute approximate surface area is 76.1 Å². The number of nitrogens with one attached hydrogen (secondary N) is 1. The first-order valence-corrected chi connectivity index (χ1v) is 9.38. The van der Waals surface area contributed by atoms with E-state index in [0.29, 0.717) is 0 Å². The maximum absolute atomic E-state index is 13.5. The van der Waals surface area contributed by atoms with E-state index in [1.165, 1.54) is 0 Å². The third kappa shape index (κ3) is 3.77. The van der Waals surface area contributed by atoms with Crippen LogP contribution >= 0.6 is 0 Å². The Hall–Kier alpha value is 0.254. The third-order valence-electron chi connectivity index (χ3n) is 1.47. The van der Waals surface area contributed by atoms with Gasteiger partial charge in [0.1, 0.15) is 8.24 Å². The summed E-state index contributed by atoms with van der Waals surface area (Å²) in [6.45, 7) is 10.5. The summed E-state index contributed by atoms with van der Waals surface area (Å²) < 4.78 is 29.6. The maximum atomic E-state index is 13.5. The van der Waals surface area contributed by atoms with Crippen molar-refractivity contribution in [3.63, 3.8) is 0 Å². The van der Waals surface area contributed by atoms with Gasteiger partial charge < -0.3 is 4.65 Å². The minimum absolute atomic E-state index is 0.868. The van der Waals surface area contributed by atoms with Crippen LogP contribution < -0.4 is 4.65 Å². The molecule has 0 atom stereocenters. The van der Waals surface area contributed by atoms with Gasteiger partial charge in [0.2, 0.25) is 0 Å². The molecule has 0 aliphatic heterocycles. The number of halogens is 2. The fourth-order valence-electron chi connectivity index (χ4n) is 0.658. The lowest BCUT2D eigenvalue weighted by Crippen LogP contribution is -2.60. The molecule has 0 fully saturated rings. The monoisotopic (exact) mass is 211 g/mol. The number of hydrogen-bond acceptors (Lipinski definition) is 1. The Morgan fingerprint density at radius 3 is 1.42 bits per heavy atom. The summed E-state index contributed by atoms with van der Waals surface area (Å²) in [7, 11) is -6.07. The summed E-state index contributed by atoms with van der Waals surface area (Å²) in [5, 5.41) is -0.868. The Morgan fingerprint density at radius 1 is 1.00 bits per heavy atom. The predicted molar refractivity (Wildman–Crippen MR) is 54.2 cm³/mol. The van der Waals surface area contributed by atoms with Crippen molar-refractivity contribution in [2.75, 3.05) is 0 Å². The minimum atomic E-state index is -4.23. The smallest absolute Gasteiger partial charge is 0.309 e. The molecule has 74 valence electrons. The van der Waals surface area contributed by atoms with Crippen molar-refractivity contribution in [1.29, 1.82) is 0 Å². The second-order valence-electron chi connectivity index (χ2n) is 5.20. The van der Waals surface area contributed by atoms with Gasteiger partial charge in [0.15, 0.2) is 0 Å². The van der Waals surface area contributed by atoms with Gasteiger partial charge >= 0.3 is 8.90 Å². The topological polar surface area (TPSA) is 12.0 Å². The van der Waals surface area contributed by atoms with E-state index in [4.69, 9.17) is 0 Å². The average Bonchev–Trinajstić information content (AvgIpc) is 1.52. The lowest BCUT2D eigenvalue weighted by Gasteiger charge is -2.32. The highest BCUT2D eigenvalue weighted by Crippen LogP contribution is 2.36. The van der Waals surface area contributed by atoms with Gasteiger partial charge in [-0.15, -0.1) is 0 Å². The lowest BCUT2D eigenvalue weighted by molar-refractivity contribution is 0.484. The molecule has 0 radical (unpaired) electrons. The van der Waals surface area contributed by atoms with Gasteiger partial charge in [-0.1, -0.05) is 40.4 Å². The normalized spacial score (nSPS) is 15.0. The Kier molecular flexibility index (Phi) is 3.26. The van der Waals surface area contributed by atoms with Crippen LogP contribution in [-0.2, 0) is 0 Å². The van der Waals surface area contributed by atoms with Gasteiger partial charge in [-0.2, -0.15) is 0 Å². The van der Waals surface area contributed by atoms with Crippen LogP contribution in [0.3, 0.4) is 0 Å². The molecule has 0 bridgehead atoms. The largest absolute Gasteiger partial charge is 0.503 e. The molecule has 0 aromatic rings. The first kappa shape index (κ1) is 12.3. The molecule has 0 aromatic heterocycles. The van der Waals surface area contributed by atoms with E-state index in [9.17, 15) is 8.22 Å². The average molecular weight is 211 g/mol. The highest BCUT2D eigenvalue weighted by atomic mass is 28.5. The zero-order chi connectivity index (χ0) is 10.2. The third-order valence-corrected chi connectivity index (χ3v) is 7.61. The Morgan fingerprint density at radius 2 is 1.33 bits per heavy atom. The van der Waals surface area contributed by atoms with Gasteiger partial charge in [-0.05, 0) is 0 Å². The van der Waals surface area contributed by atoms with Gasteiger partial charge in [0.05, 0.1) is 0 Å². The first-order valence-electron chi connectivity index (χ1n) is 4.13. The molecular weight excluding hydrogens is 192 g/mol. The maximum Gasteiger partial charge on any atom is 0.503 e. The number of rotatable bonds is 2. The molecule has 0 spiro atoms. The van der Waals surface area contributed by atoms with E-state index >= 15 is 0 Å². The predicted octanol–water partition coefficient (Wildman–Crippen LogP) is 3.09. The molecule has 0 amide bonds. The highest BCUT2D eigenvalue weighted by Gasteiger charge is 2.51. The summed E-state index contributed by atoms with van der Waals surface area (Å²) in [6.07, 6.45) is 0. The zero-order valence-electron chi connectivity index (χ0n) is 8.76. The summed E-state index contributed by atoms with van der Waals surface area (Å²) in [6, 6.07) is 0. The van der Waals surface area contributed by atoms with E-state index < -0.39 is 22.2 Å². The van der Waals surface area contributed by atoms with Crippen LogP contribution in [0.1, 0.15) is 20.8 Å². The lowest BCUT2D eigenvalue weighted by atomic mass is 10.3. The second kappa shape index (κ2) is 3.19. The molecule has 0 saturated heterocycles. The molecular formula is C7H19F2NSi2. The molecule has 1 nitrogen and oxygen atoms in total. The van der Waals surface area contributed by atoms with Gasteiger partial charge in [-0.3, -0.25) is 8.22 Å². The van der Waals surface area contributed by atoms with Crippen molar-refractivity contribution < 1.29 is 8.22 Å². The van der Waals surface area contributed by atoms with Crippen LogP contribution in [0.2, 0.25) is 24.7 Å². The van der Waals surface area contributed by atoms with Crippen LogP contribution in [0.4, 0.5) is 8.22 Å². The highest BCUT2D eigenvalue weighted by molar-refractivity contribution is 6.87. The van der Waals surface area contributed by atoms with E-state index in [1.54, 1.807) is 20.8 Å². The minimum Gasteiger partial charge on any atom is -0.309 e. The Bertz CT molecular complexity index is 158. The SMILES string of the molecule is CC(C)(C)[Si](F)(F)N[Si](C)(C)C. The summed E-state index contributed by atoms with van der Waals surface area (Å²) in [4.78, 5) is 0.